The summed E-state index contributed by atoms with van der Waals surface area (Å²) in [7, 11) is 1.66. The molecule has 0 aliphatic carbocycles. The van der Waals surface area contributed by atoms with Crippen LogP contribution in [0.2, 0.25) is 0 Å². The van der Waals surface area contributed by atoms with Crippen LogP contribution in [0.15, 0.2) is 29.0 Å². The molecular weight excluding hydrogens is 394 g/mol. The molecule has 1 unspecified atom stereocenters. The first-order chi connectivity index (χ1) is 10.3. The van der Waals surface area contributed by atoms with Crippen LogP contribution >= 0.6 is 26.6 Å². The molecule has 1 fully saturated rings. The molecule has 22 heavy (non-hydrogen) atoms. The van der Waals surface area contributed by atoms with Crippen molar-refractivity contribution in [2.75, 3.05) is 17.2 Å². The van der Waals surface area contributed by atoms with Crippen molar-refractivity contribution >= 4 is 58.3 Å². The van der Waals surface area contributed by atoms with Gasteiger partial charge in [0.25, 0.3) is 0 Å². The van der Waals surface area contributed by atoms with Crippen molar-refractivity contribution in [1.82, 2.24) is 9.97 Å². The second kappa shape index (κ2) is 5.75. The Morgan fingerprint density at radius 1 is 1.32 bits per heavy atom. The highest BCUT2D eigenvalue weighted by Gasteiger charge is 2.34. The number of carbonyl (C=O) groups excluding carboxylic acids is 1. The molecule has 3 rings (SSSR count). The summed E-state index contributed by atoms with van der Waals surface area (Å²) in [6.07, 6.45) is 3.33. The van der Waals surface area contributed by atoms with Crippen molar-refractivity contribution in [3.63, 3.8) is 0 Å². The zero-order valence-electron chi connectivity index (χ0n) is 11.2. The number of fused-ring (bicyclic) bond motifs is 1. The number of rotatable bonds is 3. The van der Waals surface area contributed by atoms with E-state index >= 15 is 0 Å². The lowest BCUT2D eigenvalue weighted by Gasteiger charge is -2.18. The van der Waals surface area contributed by atoms with Gasteiger partial charge in [0.2, 0.25) is 15.0 Å². The van der Waals surface area contributed by atoms with Crippen LogP contribution in [0.25, 0.3) is 11.0 Å². The molecule has 9 heteroatoms. The molecule has 1 aromatic carbocycles. The van der Waals surface area contributed by atoms with Gasteiger partial charge in [0.1, 0.15) is 5.52 Å². The quantitative estimate of drug-likeness (QED) is 0.733. The number of benzene rings is 1. The molecule has 0 N–H and O–H groups in total. The van der Waals surface area contributed by atoms with Crippen LogP contribution in [-0.2, 0) is 13.8 Å². The molecular formula is C13H11BrClN3O3S. The number of carbonyl (C=O) groups is 1. The van der Waals surface area contributed by atoms with E-state index in [2.05, 4.69) is 25.9 Å². The first-order valence-electron chi connectivity index (χ1n) is 6.47. The molecule has 1 atom stereocenters. The maximum absolute atomic E-state index is 12.2. The Morgan fingerprint density at radius 2 is 2.05 bits per heavy atom. The summed E-state index contributed by atoms with van der Waals surface area (Å²) >= 11 is 3.46. The summed E-state index contributed by atoms with van der Waals surface area (Å²) in [6, 6.07) is 3.55. The number of aromatic nitrogens is 2. The van der Waals surface area contributed by atoms with Gasteiger partial charge in [-0.15, -0.1) is 0 Å². The summed E-state index contributed by atoms with van der Waals surface area (Å²) in [4.78, 5) is 22.2. The second-order valence-electron chi connectivity index (χ2n) is 5.10. The maximum atomic E-state index is 12.2. The van der Waals surface area contributed by atoms with Crippen molar-refractivity contribution < 1.29 is 13.2 Å². The lowest BCUT2D eigenvalue weighted by Crippen LogP contribution is -2.25. The van der Waals surface area contributed by atoms with E-state index in [0.29, 0.717) is 27.7 Å². The smallest absolute Gasteiger partial charge is 0.232 e. The Kier molecular flexibility index (Phi) is 4.09. The van der Waals surface area contributed by atoms with Crippen LogP contribution in [0, 0.1) is 5.92 Å². The number of nitrogens with zero attached hydrogens (tertiary/aromatic N) is 3. The Hall–Kier alpha value is -1.25. The summed E-state index contributed by atoms with van der Waals surface area (Å²) < 4.78 is 23.0. The van der Waals surface area contributed by atoms with E-state index in [1.165, 1.54) is 0 Å². The highest BCUT2D eigenvalue weighted by Crippen LogP contribution is 2.35. The fourth-order valence-corrected chi connectivity index (χ4v) is 4.58. The van der Waals surface area contributed by atoms with Gasteiger partial charge < -0.3 is 4.90 Å². The summed E-state index contributed by atoms with van der Waals surface area (Å²) in [5.74, 6) is -0.643. The van der Waals surface area contributed by atoms with Crippen LogP contribution < -0.4 is 4.90 Å². The van der Waals surface area contributed by atoms with E-state index in [1.807, 2.05) is 0 Å². The Labute approximate surface area is 140 Å². The predicted molar refractivity (Wildman–Crippen MR) is 87.3 cm³/mol. The summed E-state index contributed by atoms with van der Waals surface area (Å²) in [5.41, 5.74) is 2.03. The van der Waals surface area contributed by atoms with Gasteiger partial charge in [0.15, 0.2) is 0 Å². The third-order valence-corrected chi connectivity index (χ3v) is 5.52. The highest BCUT2D eigenvalue weighted by atomic mass is 79.9. The van der Waals surface area contributed by atoms with Crippen LogP contribution in [0.5, 0.6) is 0 Å². The van der Waals surface area contributed by atoms with E-state index in [-0.39, 0.29) is 24.0 Å². The first-order valence-corrected chi connectivity index (χ1v) is 9.74. The van der Waals surface area contributed by atoms with Crippen molar-refractivity contribution in [1.29, 1.82) is 0 Å². The minimum absolute atomic E-state index is 0.130. The second-order valence-corrected chi connectivity index (χ2v) is 8.72. The molecule has 0 saturated carbocycles. The fraction of sp³-hybridized carbons (Fsp3) is 0.308. The van der Waals surface area contributed by atoms with Gasteiger partial charge in [-0.3, -0.25) is 14.8 Å². The minimum atomic E-state index is -3.62. The van der Waals surface area contributed by atoms with Crippen molar-refractivity contribution in [2.45, 2.75) is 6.42 Å². The topological polar surface area (TPSA) is 80.2 Å². The first kappa shape index (κ1) is 15.6. The number of halogens is 2. The molecule has 1 aliphatic rings. The SMILES string of the molecule is O=C1CC(CS(=O)(=O)Cl)CN1c1ccc2nccnc2c1Br. The van der Waals surface area contributed by atoms with Crippen LogP contribution in [0.4, 0.5) is 5.69 Å². The number of hydrogen-bond donors (Lipinski definition) is 0. The minimum Gasteiger partial charge on any atom is -0.311 e. The molecule has 1 amide bonds. The molecule has 2 heterocycles. The van der Waals surface area contributed by atoms with Gasteiger partial charge in [-0.2, -0.15) is 0 Å². The predicted octanol–water partition coefficient (Wildman–Crippen LogP) is 2.31. The normalized spacial score (nSPS) is 19.1. The van der Waals surface area contributed by atoms with Gasteiger partial charge in [0.05, 0.1) is 21.4 Å². The lowest BCUT2D eigenvalue weighted by atomic mass is 10.1. The average Bonchev–Trinajstić information content (AvgIpc) is 2.78. The van der Waals surface area contributed by atoms with Gasteiger partial charge in [0, 0.05) is 42.0 Å². The molecule has 6 nitrogen and oxygen atoms in total. The third-order valence-electron chi connectivity index (χ3n) is 3.49. The Bertz CT molecular complexity index is 859. The van der Waals surface area contributed by atoms with Crippen molar-refractivity contribution in [2.24, 2.45) is 5.92 Å². The monoisotopic (exact) mass is 403 g/mol. The van der Waals surface area contributed by atoms with E-state index < -0.39 is 9.05 Å². The van der Waals surface area contributed by atoms with E-state index in [4.69, 9.17) is 10.7 Å². The van der Waals surface area contributed by atoms with Crippen molar-refractivity contribution in [3.05, 3.63) is 29.0 Å². The largest absolute Gasteiger partial charge is 0.311 e. The Morgan fingerprint density at radius 3 is 2.77 bits per heavy atom. The number of amides is 1. The third kappa shape index (κ3) is 3.09. The molecule has 116 valence electrons. The molecule has 0 radical (unpaired) electrons. The van der Waals surface area contributed by atoms with Gasteiger partial charge >= 0.3 is 0 Å². The number of anilines is 1. The zero-order valence-corrected chi connectivity index (χ0v) is 14.4. The average molecular weight is 405 g/mol. The Balaban J connectivity index is 1.94. The molecule has 1 aliphatic heterocycles. The van der Waals surface area contributed by atoms with Crippen LogP contribution in [0.1, 0.15) is 6.42 Å². The van der Waals surface area contributed by atoms with E-state index in [0.717, 1.165) is 0 Å². The maximum Gasteiger partial charge on any atom is 0.232 e. The zero-order chi connectivity index (χ0) is 15.9. The molecule has 1 saturated heterocycles. The fourth-order valence-electron chi connectivity index (χ4n) is 2.61. The van der Waals surface area contributed by atoms with Crippen LogP contribution in [0.3, 0.4) is 0 Å². The van der Waals surface area contributed by atoms with Gasteiger partial charge in [-0.25, -0.2) is 8.42 Å². The van der Waals surface area contributed by atoms with Crippen LogP contribution in [-0.4, -0.2) is 36.6 Å². The van der Waals surface area contributed by atoms with Gasteiger partial charge in [-0.1, -0.05) is 0 Å². The summed E-state index contributed by atoms with van der Waals surface area (Å²) in [5, 5.41) is 0. The molecule has 0 spiro atoms. The standard InChI is InChI=1S/C13H11BrClN3O3S/c14-12-10(2-1-9-13(12)17-4-3-16-9)18-6-8(5-11(18)19)7-22(15,20)21/h1-4,8H,5-7H2. The number of hydrogen-bond acceptors (Lipinski definition) is 5. The van der Waals surface area contributed by atoms with E-state index in [9.17, 15) is 13.2 Å². The highest BCUT2D eigenvalue weighted by molar-refractivity contribution is 9.10. The van der Waals surface area contributed by atoms with E-state index in [1.54, 1.807) is 29.4 Å². The summed E-state index contributed by atoms with van der Waals surface area (Å²) in [6.45, 7) is 0.315. The van der Waals surface area contributed by atoms with Gasteiger partial charge in [-0.05, 0) is 28.1 Å². The van der Waals surface area contributed by atoms with Crippen molar-refractivity contribution in [3.8, 4) is 0 Å². The molecule has 1 aromatic heterocycles. The lowest BCUT2D eigenvalue weighted by molar-refractivity contribution is -0.117. The molecule has 0 bridgehead atoms. The molecule has 2 aromatic rings.